The predicted molar refractivity (Wildman–Crippen MR) is 57.3 cm³/mol. The molecule has 0 amide bonds. The number of aromatic hydroxyl groups is 1. The molecule has 0 heterocycles. The van der Waals surface area contributed by atoms with E-state index >= 15 is 0 Å². The van der Waals surface area contributed by atoms with Crippen molar-refractivity contribution in [2.75, 3.05) is 7.11 Å². The number of phenols is 1. The topological polar surface area (TPSA) is 110 Å². The Morgan fingerprint density at radius 3 is 2.50 bits per heavy atom. The van der Waals surface area contributed by atoms with Crippen LogP contribution in [0.25, 0.3) is 0 Å². The molecule has 0 bridgehead atoms. The molecule has 1 rings (SSSR count). The third-order valence-corrected chi connectivity index (χ3v) is 1.90. The van der Waals surface area contributed by atoms with Crippen LogP contribution in [0.5, 0.6) is 11.5 Å². The van der Waals surface area contributed by atoms with Crippen molar-refractivity contribution in [2.24, 2.45) is 0 Å². The summed E-state index contributed by atoms with van der Waals surface area (Å²) < 4.78 is 9.08. The Morgan fingerprint density at radius 2 is 1.94 bits per heavy atom. The van der Waals surface area contributed by atoms with Gasteiger partial charge in [-0.1, -0.05) is 0 Å². The van der Waals surface area contributed by atoms with Gasteiger partial charge in [0.25, 0.3) is 0 Å². The Morgan fingerprint density at radius 1 is 1.28 bits per heavy atom. The molecule has 18 heavy (non-hydrogen) atoms. The maximum absolute atomic E-state index is 11.2. The minimum atomic E-state index is -1.33. The largest absolute Gasteiger partial charge is 0.507 e. The van der Waals surface area contributed by atoms with Crippen LogP contribution >= 0.6 is 0 Å². The molecule has 0 saturated heterocycles. The molecule has 0 aliphatic rings. The van der Waals surface area contributed by atoms with Crippen molar-refractivity contribution in [3.63, 3.8) is 0 Å². The SMILES string of the molecule is COC(=O)c1cc(OC(=O)CC(=O)O)ccc1O. The molecule has 0 radical (unpaired) electrons. The third-order valence-electron chi connectivity index (χ3n) is 1.90. The summed E-state index contributed by atoms with van der Waals surface area (Å²) in [5, 5.41) is 17.8. The number of aliphatic carboxylic acids is 1. The maximum atomic E-state index is 11.2. The normalized spacial score (nSPS) is 9.61. The van der Waals surface area contributed by atoms with E-state index in [0.29, 0.717) is 0 Å². The second-order valence-electron chi connectivity index (χ2n) is 3.22. The number of benzene rings is 1. The molecule has 0 aromatic heterocycles. The molecule has 96 valence electrons. The van der Waals surface area contributed by atoms with Crippen LogP contribution in [0.3, 0.4) is 0 Å². The highest BCUT2D eigenvalue weighted by atomic mass is 16.5. The standard InChI is InChI=1S/C11H10O7/c1-17-11(16)7-4-6(2-3-8(7)12)18-10(15)5-9(13)14/h2-4,12H,5H2,1H3,(H,13,14). The lowest BCUT2D eigenvalue weighted by atomic mass is 10.2. The summed E-state index contributed by atoms with van der Waals surface area (Å²) in [5.41, 5.74) is -0.182. The third kappa shape index (κ3) is 3.48. The first-order valence-corrected chi connectivity index (χ1v) is 4.78. The molecular weight excluding hydrogens is 244 g/mol. The summed E-state index contributed by atoms with van der Waals surface area (Å²) in [6.07, 6.45) is -0.797. The van der Waals surface area contributed by atoms with Gasteiger partial charge in [-0.15, -0.1) is 0 Å². The number of carboxylic acids is 1. The smallest absolute Gasteiger partial charge is 0.341 e. The number of carboxylic acid groups (broad SMARTS) is 1. The van der Waals surface area contributed by atoms with Crippen molar-refractivity contribution >= 4 is 17.9 Å². The Balaban J connectivity index is 2.88. The van der Waals surface area contributed by atoms with Crippen molar-refractivity contribution in [1.29, 1.82) is 0 Å². The van der Waals surface area contributed by atoms with Crippen molar-refractivity contribution in [2.45, 2.75) is 6.42 Å². The zero-order valence-corrected chi connectivity index (χ0v) is 9.37. The van der Waals surface area contributed by atoms with E-state index in [9.17, 15) is 19.5 Å². The summed E-state index contributed by atoms with van der Waals surface area (Å²) >= 11 is 0. The lowest BCUT2D eigenvalue weighted by molar-refractivity contribution is -0.145. The quantitative estimate of drug-likeness (QED) is 0.458. The van der Waals surface area contributed by atoms with E-state index in [2.05, 4.69) is 9.47 Å². The molecule has 0 spiro atoms. The summed E-state index contributed by atoms with van der Waals surface area (Å²) in [6, 6.07) is 3.44. The zero-order chi connectivity index (χ0) is 13.7. The number of methoxy groups -OCH3 is 1. The molecule has 1 aromatic rings. The predicted octanol–water partition coefficient (Wildman–Crippen LogP) is 0.559. The van der Waals surface area contributed by atoms with Crippen molar-refractivity contribution in [3.8, 4) is 11.5 Å². The molecule has 0 aliphatic carbocycles. The highest BCUT2D eigenvalue weighted by Gasteiger charge is 2.15. The lowest BCUT2D eigenvalue weighted by Gasteiger charge is -2.06. The van der Waals surface area contributed by atoms with Crippen LogP contribution in [0.15, 0.2) is 18.2 Å². The van der Waals surface area contributed by atoms with Crippen molar-refractivity contribution in [1.82, 2.24) is 0 Å². The molecule has 0 unspecified atom stereocenters. The number of carbonyl (C=O) groups is 3. The van der Waals surface area contributed by atoms with Gasteiger partial charge < -0.3 is 19.7 Å². The summed E-state index contributed by atoms with van der Waals surface area (Å²) in [6.45, 7) is 0. The molecule has 0 saturated carbocycles. The number of hydrogen-bond acceptors (Lipinski definition) is 6. The molecule has 1 aromatic carbocycles. The van der Waals surface area contributed by atoms with Gasteiger partial charge in [-0.25, -0.2) is 4.79 Å². The second-order valence-corrected chi connectivity index (χ2v) is 3.22. The van der Waals surface area contributed by atoms with E-state index in [-0.39, 0.29) is 17.1 Å². The van der Waals surface area contributed by atoms with Gasteiger partial charge in [-0.05, 0) is 18.2 Å². The van der Waals surface area contributed by atoms with Crippen LogP contribution < -0.4 is 4.74 Å². The van der Waals surface area contributed by atoms with Crippen LogP contribution in [0.1, 0.15) is 16.8 Å². The Labute approximate surface area is 102 Å². The highest BCUT2D eigenvalue weighted by molar-refractivity contribution is 5.94. The van der Waals surface area contributed by atoms with Crippen LogP contribution in [-0.2, 0) is 14.3 Å². The van der Waals surface area contributed by atoms with E-state index < -0.39 is 24.3 Å². The molecule has 7 heteroatoms. The van der Waals surface area contributed by atoms with Gasteiger partial charge >= 0.3 is 17.9 Å². The zero-order valence-electron chi connectivity index (χ0n) is 9.37. The number of hydrogen-bond donors (Lipinski definition) is 2. The fourth-order valence-corrected chi connectivity index (χ4v) is 1.14. The van der Waals surface area contributed by atoms with E-state index in [1.165, 1.54) is 6.07 Å². The maximum Gasteiger partial charge on any atom is 0.341 e. The Kier molecular flexibility index (Phi) is 4.25. The lowest BCUT2D eigenvalue weighted by Crippen LogP contribution is -2.13. The van der Waals surface area contributed by atoms with Crippen LogP contribution in [-0.4, -0.2) is 35.2 Å². The summed E-state index contributed by atoms with van der Waals surface area (Å²) in [5.74, 6) is -3.50. The van der Waals surface area contributed by atoms with E-state index in [1.54, 1.807) is 0 Å². The van der Waals surface area contributed by atoms with Crippen LogP contribution in [0, 0.1) is 0 Å². The highest BCUT2D eigenvalue weighted by Crippen LogP contribution is 2.23. The van der Waals surface area contributed by atoms with Crippen LogP contribution in [0.4, 0.5) is 0 Å². The fraction of sp³-hybridized carbons (Fsp3) is 0.182. The molecule has 0 atom stereocenters. The number of rotatable bonds is 4. The molecule has 7 nitrogen and oxygen atoms in total. The first-order chi connectivity index (χ1) is 8.43. The van der Waals surface area contributed by atoms with E-state index in [4.69, 9.17) is 5.11 Å². The second kappa shape index (κ2) is 5.67. The van der Waals surface area contributed by atoms with Gasteiger partial charge in [0, 0.05) is 0 Å². The van der Waals surface area contributed by atoms with Gasteiger partial charge in [-0.3, -0.25) is 9.59 Å². The molecule has 0 aliphatic heterocycles. The fourth-order valence-electron chi connectivity index (χ4n) is 1.14. The number of carbonyl (C=O) groups excluding carboxylic acids is 2. The monoisotopic (exact) mass is 254 g/mol. The average Bonchev–Trinajstić information content (AvgIpc) is 2.29. The van der Waals surface area contributed by atoms with E-state index in [0.717, 1.165) is 19.2 Å². The van der Waals surface area contributed by atoms with E-state index in [1.807, 2.05) is 0 Å². The first kappa shape index (κ1) is 13.5. The van der Waals surface area contributed by atoms with Crippen molar-refractivity contribution in [3.05, 3.63) is 23.8 Å². The molecule has 2 N–H and O–H groups in total. The molecule has 0 fully saturated rings. The average molecular weight is 254 g/mol. The minimum absolute atomic E-state index is 0.0561. The summed E-state index contributed by atoms with van der Waals surface area (Å²) in [4.78, 5) is 32.6. The van der Waals surface area contributed by atoms with Gasteiger partial charge in [0.05, 0.1) is 7.11 Å². The Bertz CT molecular complexity index is 492. The number of phenolic OH excluding ortho intramolecular Hbond substituents is 1. The van der Waals surface area contributed by atoms with Gasteiger partial charge in [0.15, 0.2) is 0 Å². The van der Waals surface area contributed by atoms with Crippen LogP contribution in [0.2, 0.25) is 0 Å². The number of ether oxygens (including phenoxy) is 2. The minimum Gasteiger partial charge on any atom is -0.507 e. The van der Waals surface area contributed by atoms with Crippen molar-refractivity contribution < 1.29 is 34.1 Å². The number of esters is 2. The molecular formula is C11H10O7. The Hall–Kier alpha value is -2.57. The van der Waals surface area contributed by atoms with Gasteiger partial charge in [0.1, 0.15) is 23.5 Å². The summed E-state index contributed by atoms with van der Waals surface area (Å²) in [7, 11) is 1.13. The first-order valence-electron chi connectivity index (χ1n) is 4.78. The van der Waals surface area contributed by atoms with Gasteiger partial charge in [-0.2, -0.15) is 0 Å². The van der Waals surface area contributed by atoms with Gasteiger partial charge in [0.2, 0.25) is 0 Å².